The van der Waals surface area contributed by atoms with Crippen LogP contribution < -0.4 is 5.73 Å². The maximum absolute atomic E-state index is 12.6. The van der Waals surface area contributed by atoms with Gasteiger partial charge in [-0.3, -0.25) is 4.57 Å². The van der Waals surface area contributed by atoms with Crippen LogP contribution in [-0.4, -0.2) is 46.2 Å². The van der Waals surface area contributed by atoms with Crippen molar-refractivity contribution in [3.8, 4) is 0 Å². The van der Waals surface area contributed by atoms with E-state index in [4.69, 9.17) is 10.5 Å². The third kappa shape index (κ3) is 3.40. The van der Waals surface area contributed by atoms with Gasteiger partial charge in [-0.2, -0.15) is 8.78 Å². The van der Waals surface area contributed by atoms with Crippen LogP contribution in [0, 0.1) is 0 Å². The van der Waals surface area contributed by atoms with E-state index in [2.05, 4.69) is 9.98 Å². The van der Waals surface area contributed by atoms with E-state index in [9.17, 15) is 8.78 Å². The third-order valence-electron chi connectivity index (χ3n) is 2.91. The summed E-state index contributed by atoms with van der Waals surface area (Å²) in [4.78, 5) is 9.84. The first kappa shape index (κ1) is 13.7. The SMILES string of the molecule is CC1CN(C(N)=NCc2nccn2C(F)F)CCO1. The van der Waals surface area contributed by atoms with Gasteiger partial charge in [-0.1, -0.05) is 0 Å². The van der Waals surface area contributed by atoms with Crippen LogP contribution in [0.25, 0.3) is 0 Å². The largest absolute Gasteiger partial charge is 0.375 e. The first-order valence-corrected chi connectivity index (χ1v) is 6.04. The van der Waals surface area contributed by atoms with Gasteiger partial charge in [0, 0.05) is 25.5 Å². The highest BCUT2D eigenvalue weighted by molar-refractivity contribution is 5.78. The molecule has 0 saturated carbocycles. The lowest BCUT2D eigenvalue weighted by Gasteiger charge is -2.31. The monoisotopic (exact) mass is 273 g/mol. The minimum Gasteiger partial charge on any atom is -0.375 e. The number of imidazole rings is 1. The summed E-state index contributed by atoms with van der Waals surface area (Å²) < 4.78 is 31.4. The number of aromatic nitrogens is 2. The van der Waals surface area contributed by atoms with Gasteiger partial charge in [-0.05, 0) is 6.92 Å². The van der Waals surface area contributed by atoms with E-state index < -0.39 is 6.55 Å². The van der Waals surface area contributed by atoms with Crippen molar-refractivity contribution < 1.29 is 13.5 Å². The molecule has 0 amide bonds. The molecule has 0 aromatic carbocycles. The number of morpholine rings is 1. The molecule has 0 spiro atoms. The number of halogens is 2. The van der Waals surface area contributed by atoms with Gasteiger partial charge in [-0.15, -0.1) is 0 Å². The van der Waals surface area contributed by atoms with Gasteiger partial charge in [0.2, 0.25) is 0 Å². The Morgan fingerprint density at radius 2 is 2.47 bits per heavy atom. The van der Waals surface area contributed by atoms with Gasteiger partial charge in [0.05, 0.1) is 12.7 Å². The number of hydrogen-bond donors (Lipinski definition) is 1. The molecule has 0 radical (unpaired) electrons. The first-order chi connectivity index (χ1) is 9.08. The zero-order valence-corrected chi connectivity index (χ0v) is 10.7. The minimum absolute atomic E-state index is 0.0366. The normalized spacial score (nSPS) is 21.2. The minimum atomic E-state index is -2.61. The number of rotatable bonds is 3. The Kier molecular flexibility index (Phi) is 4.31. The summed E-state index contributed by atoms with van der Waals surface area (Å²) in [7, 11) is 0. The van der Waals surface area contributed by atoms with E-state index in [0.29, 0.717) is 25.7 Å². The number of nitrogens with two attached hydrogens (primary N) is 1. The van der Waals surface area contributed by atoms with Crippen LogP contribution in [-0.2, 0) is 11.3 Å². The van der Waals surface area contributed by atoms with E-state index in [-0.39, 0.29) is 18.5 Å². The molecule has 1 saturated heterocycles. The van der Waals surface area contributed by atoms with Gasteiger partial charge >= 0.3 is 6.55 Å². The van der Waals surface area contributed by atoms with Crippen molar-refractivity contribution in [1.82, 2.24) is 14.5 Å². The summed E-state index contributed by atoms with van der Waals surface area (Å²) in [5.74, 6) is 0.526. The fraction of sp³-hybridized carbons (Fsp3) is 0.636. The number of alkyl halides is 2. The molecule has 6 nitrogen and oxygen atoms in total. The quantitative estimate of drug-likeness (QED) is 0.654. The fourth-order valence-electron chi connectivity index (χ4n) is 1.92. The van der Waals surface area contributed by atoms with Crippen LogP contribution in [0.3, 0.4) is 0 Å². The van der Waals surface area contributed by atoms with Gasteiger partial charge < -0.3 is 15.4 Å². The zero-order chi connectivity index (χ0) is 13.8. The predicted molar refractivity (Wildman–Crippen MR) is 65.8 cm³/mol. The molecule has 1 aromatic heterocycles. The maximum Gasteiger partial charge on any atom is 0.319 e. The average Bonchev–Trinajstić information content (AvgIpc) is 2.84. The Bertz CT molecular complexity index is 448. The number of hydrogen-bond acceptors (Lipinski definition) is 3. The molecule has 106 valence electrons. The molecule has 1 aliphatic heterocycles. The number of nitrogens with zero attached hydrogens (tertiary/aromatic N) is 4. The second-order valence-electron chi connectivity index (χ2n) is 4.33. The Labute approximate surface area is 109 Å². The highest BCUT2D eigenvalue weighted by atomic mass is 19.3. The van der Waals surface area contributed by atoms with Crippen LogP contribution in [0.5, 0.6) is 0 Å². The molecule has 0 bridgehead atoms. The lowest BCUT2D eigenvalue weighted by molar-refractivity contribution is 0.00527. The molecule has 1 unspecified atom stereocenters. The predicted octanol–water partition coefficient (Wildman–Crippen LogP) is 0.814. The molecule has 1 fully saturated rings. The summed E-state index contributed by atoms with van der Waals surface area (Å²) >= 11 is 0. The molecule has 2 N–H and O–H groups in total. The van der Waals surface area contributed by atoms with E-state index in [0.717, 1.165) is 4.57 Å². The zero-order valence-electron chi connectivity index (χ0n) is 10.7. The van der Waals surface area contributed by atoms with Crippen molar-refractivity contribution in [1.29, 1.82) is 0 Å². The summed E-state index contributed by atoms with van der Waals surface area (Å²) in [5.41, 5.74) is 5.85. The van der Waals surface area contributed by atoms with Crippen molar-refractivity contribution in [3.05, 3.63) is 18.2 Å². The fourth-order valence-corrected chi connectivity index (χ4v) is 1.92. The standard InChI is InChI=1S/C11H17F2N5O/c1-8-7-17(4-5-19-8)11(14)16-6-9-15-2-3-18(9)10(12)13/h2-3,8,10H,4-7H2,1H3,(H2,14,16). The summed E-state index contributed by atoms with van der Waals surface area (Å²) in [6.45, 7) is 1.26. The molecule has 2 rings (SSSR count). The van der Waals surface area contributed by atoms with Crippen LogP contribution in [0.2, 0.25) is 0 Å². The molecule has 8 heteroatoms. The van der Waals surface area contributed by atoms with Crippen molar-refractivity contribution in [2.75, 3.05) is 19.7 Å². The molecule has 2 heterocycles. The Hall–Kier alpha value is -1.70. The van der Waals surface area contributed by atoms with Gasteiger partial charge in [0.25, 0.3) is 0 Å². The van der Waals surface area contributed by atoms with Crippen molar-refractivity contribution in [2.24, 2.45) is 10.7 Å². The van der Waals surface area contributed by atoms with Crippen molar-refractivity contribution >= 4 is 5.96 Å². The van der Waals surface area contributed by atoms with Crippen molar-refractivity contribution in [3.63, 3.8) is 0 Å². The average molecular weight is 273 g/mol. The van der Waals surface area contributed by atoms with Crippen LogP contribution in [0.1, 0.15) is 19.3 Å². The second-order valence-corrected chi connectivity index (χ2v) is 4.33. The van der Waals surface area contributed by atoms with E-state index >= 15 is 0 Å². The Morgan fingerprint density at radius 1 is 1.68 bits per heavy atom. The van der Waals surface area contributed by atoms with Crippen LogP contribution in [0.15, 0.2) is 17.4 Å². The Morgan fingerprint density at radius 3 is 3.16 bits per heavy atom. The maximum atomic E-state index is 12.6. The highest BCUT2D eigenvalue weighted by Gasteiger charge is 2.18. The topological polar surface area (TPSA) is 68.7 Å². The van der Waals surface area contributed by atoms with E-state index in [1.165, 1.54) is 12.4 Å². The van der Waals surface area contributed by atoms with Crippen LogP contribution in [0.4, 0.5) is 8.78 Å². The number of aliphatic imine (C=N–C) groups is 1. The molecular formula is C11H17F2N5O. The van der Waals surface area contributed by atoms with Crippen LogP contribution >= 0.6 is 0 Å². The molecule has 1 aliphatic rings. The van der Waals surface area contributed by atoms with Gasteiger partial charge in [0.15, 0.2) is 5.96 Å². The number of guanidine groups is 1. The van der Waals surface area contributed by atoms with E-state index in [1.807, 2.05) is 11.8 Å². The third-order valence-corrected chi connectivity index (χ3v) is 2.91. The summed E-state index contributed by atoms with van der Waals surface area (Å²) in [5, 5.41) is 0. The Balaban J connectivity index is 1.99. The lowest BCUT2D eigenvalue weighted by Crippen LogP contribution is -2.47. The first-order valence-electron chi connectivity index (χ1n) is 6.04. The van der Waals surface area contributed by atoms with Crippen molar-refractivity contribution in [2.45, 2.75) is 26.1 Å². The molecule has 1 aromatic rings. The van der Waals surface area contributed by atoms with Gasteiger partial charge in [-0.25, -0.2) is 9.98 Å². The molecule has 0 aliphatic carbocycles. The molecular weight excluding hydrogens is 256 g/mol. The number of ether oxygens (including phenoxy) is 1. The summed E-state index contributed by atoms with van der Waals surface area (Å²) in [6.07, 6.45) is 2.64. The van der Waals surface area contributed by atoms with E-state index in [1.54, 1.807) is 0 Å². The lowest BCUT2D eigenvalue weighted by atomic mass is 10.3. The van der Waals surface area contributed by atoms with Gasteiger partial charge in [0.1, 0.15) is 12.4 Å². The molecule has 1 atom stereocenters. The molecule has 19 heavy (non-hydrogen) atoms. The highest BCUT2D eigenvalue weighted by Crippen LogP contribution is 2.13. The second kappa shape index (κ2) is 5.96. The summed E-state index contributed by atoms with van der Waals surface area (Å²) in [6, 6.07) is 0. The smallest absolute Gasteiger partial charge is 0.319 e.